The lowest BCUT2D eigenvalue weighted by molar-refractivity contribution is 0.0987. The normalized spacial score (nSPS) is 16.7. The lowest BCUT2D eigenvalue weighted by Gasteiger charge is -2.34. The van der Waals surface area contributed by atoms with Crippen molar-refractivity contribution in [3.05, 3.63) is 125 Å². The maximum absolute atomic E-state index is 14.2. The highest BCUT2D eigenvalue weighted by atomic mass is 16.2. The van der Waals surface area contributed by atoms with Crippen molar-refractivity contribution in [1.29, 1.82) is 0 Å². The van der Waals surface area contributed by atoms with E-state index in [1.807, 2.05) is 91.0 Å². The Balaban J connectivity index is 1.73. The van der Waals surface area contributed by atoms with E-state index in [2.05, 4.69) is 20.8 Å². The minimum atomic E-state index is -0.529. The van der Waals surface area contributed by atoms with Crippen LogP contribution in [0, 0.1) is 0 Å². The molecular formula is C30H25N3O2. The molecule has 5 heteroatoms. The molecule has 0 radical (unpaired) electrons. The van der Waals surface area contributed by atoms with Crippen molar-refractivity contribution in [2.24, 2.45) is 0 Å². The van der Waals surface area contributed by atoms with Gasteiger partial charge in [0, 0.05) is 28.2 Å². The van der Waals surface area contributed by atoms with Gasteiger partial charge in [-0.25, -0.2) is 4.68 Å². The number of aromatic nitrogens is 2. The van der Waals surface area contributed by atoms with Crippen molar-refractivity contribution >= 4 is 23.2 Å². The van der Waals surface area contributed by atoms with Gasteiger partial charge < -0.3 is 0 Å². The van der Waals surface area contributed by atoms with E-state index in [-0.39, 0.29) is 17.1 Å². The molecule has 3 aromatic carbocycles. The van der Waals surface area contributed by atoms with Crippen LogP contribution >= 0.6 is 0 Å². The summed E-state index contributed by atoms with van der Waals surface area (Å²) in [6.45, 7) is 6.30. The first-order valence-electron chi connectivity index (χ1n) is 11.8. The molecule has 0 fully saturated rings. The predicted molar refractivity (Wildman–Crippen MR) is 136 cm³/mol. The molecule has 3 heterocycles. The second-order valence-corrected chi connectivity index (χ2v) is 10.0. The molecule has 1 atom stereocenters. The van der Waals surface area contributed by atoms with Crippen LogP contribution in [-0.2, 0) is 5.41 Å². The molecule has 2 aliphatic heterocycles. The number of rotatable bonds is 3. The van der Waals surface area contributed by atoms with Gasteiger partial charge in [-0.05, 0) is 11.6 Å². The zero-order valence-electron chi connectivity index (χ0n) is 19.9. The number of hydrogen-bond acceptors (Lipinski definition) is 3. The Kier molecular flexibility index (Phi) is 4.65. The molecule has 6 rings (SSSR count). The highest BCUT2D eigenvalue weighted by molar-refractivity contribution is 6.20. The fourth-order valence-electron chi connectivity index (χ4n) is 5.01. The smallest absolute Gasteiger partial charge is 0.260 e. The van der Waals surface area contributed by atoms with Crippen molar-refractivity contribution in [1.82, 2.24) is 9.78 Å². The molecule has 0 spiro atoms. The van der Waals surface area contributed by atoms with Gasteiger partial charge in [0.25, 0.3) is 5.91 Å². The molecule has 4 aromatic rings. The molecular weight excluding hydrogens is 434 g/mol. The first-order chi connectivity index (χ1) is 16.9. The van der Waals surface area contributed by atoms with Crippen LogP contribution < -0.4 is 4.90 Å². The molecule has 1 amide bonds. The quantitative estimate of drug-likeness (QED) is 0.351. The first kappa shape index (κ1) is 21.3. The van der Waals surface area contributed by atoms with Gasteiger partial charge in [0.05, 0.1) is 23.0 Å². The number of fused-ring (bicyclic) bond motifs is 5. The van der Waals surface area contributed by atoms with E-state index in [0.29, 0.717) is 22.5 Å². The highest BCUT2D eigenvalue weighted by Gasteiger charge is 2.48. The average molecular weight is 460 g/mol. The van der Waals surface area contributed by atoms with E-state index in [0.717, 1.165) is 22.5 Å². The van der Waals surface area contributed by atoms with Crippen LogP contribution in [0.5, 0.6) is 0 Å². The second kappa shape index (κ2) is 7.64. The number of nitrogens with zero attached hydrogens (tertiary/aromatic N) is 3. The Bertz CT molecular complexity index is 1510. The van der Waals surface area contributed by atoms with Crippen LogP contribution in [0.4, 0.5) is 5.82 Å². The lowest BCUT2D eigenvalue weighted by atomic mass is 9.87. The van der Waals surface area contributed by atoms with Gasteiger partial charge in [-0.2, -0.15) is 5.10 Å². The third-order valence-electron chi connectivity index (χ3n) is 6.74. The highest BCUT2D eigenvalue weighted by Crippen LogP contribution is 2.50. The standard InChI is InChI=1S/C30H25N3O2/c1-30(2,3)23-18-24-32-27(21-16-10-11-17-22(21)29(32)35)25(28(34)20-14-8-5-9-15-20)26(33(24)31-23)19-12-6-4-7-13-19/h4-18,27H,1-3H3. The van der Waals surface area contributed by atoms with Gasteiger partial charge in [0.15, 0.2) is 5.78 Å². The Morgan fingerprint density at radius 3 is 2.17 bits per heavy atom. The van der Waals surface area contributed by atoms with Crippen LogP contribution in [0.15, 0.2) is 96.6 Å². The zero-order valence-corrected chi connectivity index (χ0v) is 19.9. The Labute approximate surface area is 204 Å². The maximum Gasteiger partial charge on any atom is 0.260 e. The minimum Gasteiger partial charge on any atom is -0.289 e. The van der Waals surface area contributed by atoms with E-state index < -0.39 is 6.04 Å². The van der Waals surface area contributed by atoms with E-state index in [4.69, 9.17) is 5.10 Å². The monoisotopic (exact) mass is 459 g/mol. The third kappa shape index (κ3) is 3.19. The van der Waals surface area contributed by atoms with E-state index >= 15 is 0 Å². The van der Waals surface area contributed by atoms with Gasteiger partial charge in [-0.15, -0.1) is 0 Å². The predicted octanol–water partition coefficient (Wildman–Crippen LogP) is 6.04. The average Bonchev–Trinajstić information content (AvgIpc) is 3.44. The van der Waals surface area contributed by atoms with Crippen molar-refractivity contribution in [2.45, 2.75) is 32.2 Å². The van der Waals surface area contributed by atoms with Gasteiger partial charge in [-0.3, -0.25) is 14.5 Å². The Hall–Kier alpha value is -4.25. The van der Waals surface area contributed by atoms with Crippen molar-refractivity contribution in [3.63, 3.8) is 0 Å². The summed E-state index contributed by atoms with van der Waals surface area (Å²) in [5.41, 5.74) is 4.82. The fraction of sp³-hybridized carbons (Fsp3) is 0.167. The molecule has 0 saturated heterocycles. The summed E-state index contributed by atoms with van der Waals surface area (Å²) in [4.78, 5) is 29.7. The van der Waals surface area contributed by atoms with Crippen LogP contribution in [0.25, 0.3) is 5.70 Å². The number of anilines is 1. The van der Waals surface area contributed by atoms with Crippen LogP contribution in [0.2, 0.25) is 0 Å². The van der Waals surface area contributed by atoms with Gasteiger partial charge in [0.1, 0.15) is 5.82 Å². The summed E-state index contributed by atoms with van der Waals surface area (Å²) in [6.07, 6.45) is 0. The first-order valence-corrected chi connectivity index (χ1v) is 11.8. The number of Topliss-reactive ketones (excluding diaryl/α,β-unsaturated/α-hetero) is 1. The van der Waals surface area contributed by atoms with E-state index in [9.17, 15) is 9.59 Å². The second-order valence-electron chi connectivity index (χ2n) is 10.0. The largest absolute Gasteiger partial charge is 0.289 e. The zero-order chi connectivity index (χ0) is 24.3. The number of hydrogen-bond donors (Lipinski definition) is 0. The fourth-order valence-corrected chi connectivity index (χ4v) is 5.01. The van der Waals surface area contributed by atoms with Crippen molar-refractivity contribution in [2.75, 3.05) is 4.90 Å². The Morgan fingerprint density at radius 2 is 1.49 bits per heavy atom. The topological polar surface area (TPSA) is 55.2 Å². The molecule has 0 bridgehead atoms. The summed E-state index contributed by atoms with van der Waals surface area (Å²) < 4.78 is 1.80. The van der Waals surface area contributed by atoms with Crippen LogP contribution in [0.3, 0.4) is 0 Å². The van der Waals surface area contributed by atoms with Crippen LogP contribution in [0.1, 0.15) is 64.3 Å². The number of benzene rings is 3. The van der Waals surface area contributed by atoms with Gasteiger partial charge in [-0.1, -0.05) is 99.6 Å². The molecule has 35 heavy (non-hydrogen) atoms. The summed E-state index contributed by atoms with van der Waals surface area (Å²) >= 11 is 0. The molecule has 1 unspecified atom stereocenters. The number of carbonyl (C=O) groups is 2. The molecule has 172 valence electrons. The number of ketones is 1. The molecule has 0 aliphatic carbocycles. The number of carbonyl (C=O) groups excluding carboxylic acids is 2. The Morgan fingerprint density at radius 1 is 0.857 bits per heavy atom. The van der Waals surface area contributed by atoms with E-state index in [1.54, 1.807) is 9.58 Å². The van der Waals surface area contributed by atoms with Gasteiger partial charge in [0.2, 0.25) is 0 Å². The molecule has 0 saturated carbocycles. The van der Waals surface area contributed by atoms with Crippen LogP contribution in [-0.4, -0.2) is 21.5 Å². The number of amides is 1. The third-order valence-corrected chi connectivity index (χ3v) is 6.74. The summed E-state index contributed by atoms with van der Waals surface area (Å²) in [5, 5.41) is 4.98. The summed E-state index contributed by atoms with van der Waals surface area (Å²) in [5.74, 6) is 0.463. The van der Waals surface area contributed by atoms with Crippen molar-refractivity contribution in [3.8, 4) is 0 Å². The molecule has 2 aliphatic rings. The van der Waals surface area contributed by atoms with E-state index in [1.165, 1.54) is 0 Å². The van der Waals surface area contributed by atoms with Gasteiger partial charge >= 0.3 is 0 Å². The maximum atomic E-state index is 14.2. The SMILES string of the molecule is CC(C)(C)c1cc2n(n1)C(c1ccccc1)=C(C(=O)c1ccccc1)C1c3ccccc3C(=O)N21. The molecule has 0 N–H and O–H groups in total. The summed E-state index contributed by atoms with van der Waals surface area (Å²) in [7, 11) is 0. The molecule has 1 aromatic heterocycles. The minimum absolute atomic E-state index is 0.109. The molecule has 5 nitrogen and oxygen atoms in total. The summed E-state index contributed by atoms with van der Waals surface area (Å²) in [6, 6.07) is 28.2. The lowest BCUT2D eigenvalue weighted by Crippen LogP contribution is -2.37. The van der Waals surface area contributed by atoms with Crippen molar-refractivity contribution < 1.29 is 9.59 Å².